The van der Waals surface area contributed by atoms with Gasteiger partial charge in [-0.1, -0.05) is 12.1 Å². The molecular weight excluding hydrogens is 336 g/mol. The summed E-state index contributed by atoms with van der Waals surface area (Å²) in [5.74, 6) is 0.940. The molecule has 2 N–H and O–H groups in total. The van der Waals surface area contributed by atoms with Gasteiger partial charge in [-0.2, -0.15) is 0 Å². The van der Waals surface area contributed by atoms with Gasteiger partial charge in [0.15, 0.2) is 11.5 Å². The number of methoxy groups -OCH3 is 1. The number of rotatable bonds is 7. The number of hydrogen-bond donors (Lipinski definition) is 2. The number of ether oxygens (including phenoxy) is 2. The highest BCUT2D eigenvalue weighted by Gasteiger charge is 2.36. The van der Waals surface area contributed by atoms with Crippen LogP contribution in [0.5, 0.6) is 11.5 Å². The van der Waals surface area contributed by atoms with Crippen LogP contribution in [0.4, 0.5) is 0 Å². The van der Waals surface area contributed by atoms with Crippen molar-refractivity contribution in [1.29, 1.82) is 0 Å². The van der Waals surface area contributed by atoms with E-state index in [1.54, 1.807) is 24.5 Å². The molecule has 0 saturated carbocycles. The molecule has 26 heavy (non-hydrogen) atoms. The normalized spacial score (nSPS) is 15.1. The lowest BCUT2D eigenvalue weighted by atomic mass is 10.1. The van der Waals surface area contributed by atoms with Crippen LogP contribution >= 0.6 is 0 Å². The Balaban J connectivity index is 1.57. The standard InChI is InChI=1S/C18H22N4O4/c1-12(23)21-15(7-13-8-19-11-20-13)18(24)22-9-14(10-22)26-17-6-4-3-5-16(17)25-2/h3-6,8,11,14-15H,7,9-10H2,1-2H3,(H,19,20)(H,21,23)/t15-/m0/s1. The van der Waals surface area contributed by atoms with Crippen molar-refractivity contribution in [1.82, 2.24) is 20.2 Å². The molecule has 1 atom stereocenters. The van der Waals surface area contributed by atoms with Gasteiger partial charge in [0.2, 0.25) is 11.8 Å². The van der Waals surface area contributed by atoms with Crippen molar-refractivity contribution in [3.63, 3.8) is 0 Å². The number of para-hydroxylation sites is 2. The van der Waals surface area contributed by atoms with E-state index in [0.29, 0.717) is 31.0 Å². The number of benzene rings is 1. The maximum Gasteiger partial charge on any atom is 0.245 e. The third-order valence-electron chi connectivity index (χ3n) is 4.18. The molecule has 2 amide bonds. The summed E-state index contributed by atoms with van der Waals surface area (Å²) in [6.45, 7) is 2.34. The van der Waals surface area contributed by atoms with Crippen molar-refractivity contribution in [2.24, 2.45) is 0 Å². The van der Waals surface area contributed by atoms with E-state index in [0.717, 1.165) is 5.69 Å². The van der Waals surface area contributed by atoms with E-state index in [2.05, 4.69) is 15.3 Å². The van der Waals surface area contributed by atoms with Crippen molar-refractivity contribution in [2.75, 3.05) is 20.2 Å². The second-order valence-electron chi connectivity index (χ2n) is 6.17. The molecule has 0 spiro atoms. The van der Waals surface area contributed by atoms with Crippen molar-refractivity contribution in [3.8, 4) is 11.5 Å². The van der Waals surface area contributed by atoms with Crippen LogP contribution in [-0.4, -0.2) is 59.0 Å². The lowest BCUT2D eigenvalue weighted by Crippen LogP contribution is -2.61. The van der Waals surface area contributed by atoms with Crippen LogP contribution in [0.1, 0.15) is 12.6 Å². The third-order valence-corrected chi connectivity index (χ3v) is 4.18. The highest BCUT2D eigenvalue weighted by atomic mass is 16.5. The van der Waals surface area contributed by atoms with E-state index in [1.165, 1.54) is 6.92 Å². The SMILES string of the molecule is COc1ccccc1OC1CN(C(=O)[C@H](Cc2cnc[nH]2)NC(C)=O)C1. The Hall–Kier alpha value is -3.03. The molecule has 3 rings (SSSR count). The number of carbonyl (C=O) groups is 2. The van der Waals surface area contributed by atoms with E-state index in [1.807, 2.05) is 24.3 Å². The molecule has 8 heteroatoms. The predicted molar refractivity (Wildman–Crippen MR) is 93.9 cm³/mol. The van der Waals surface area contributed by atoms with Gasteiger partial charge in [-0.05, 0) is 12.1 Å². The van der Waals surface area contributed by atoms with Crippen LogP contribution in [0.2, 0.25) is 0 Å². The number of imidazole rings is 1. The fourth-order valence-corrected chi connectivity index (χ4v) is 2.87. The minimum absolute atomic E-state index is 0.0969. The van der Waals surface area contributed by atoms with E-state index < -0.39 is 6.04 Å². The topological polar surface area (TPSA) is 96.6 Å². The average Bonchev–Trinajstić information content (AvgIpc) is 3.09. The lowest BCUT2D eigenvalue weighted by Gasteiger charge is -2.40. The third kappa shape index (κ3) is 4.14. The summed E-state index contributed by atoms with van der Waals surface area (Å²) in [4.78, 5) is 32.7. The van der Waals surface area contributed by atoms with Crippen molar-refractivity contribution in [3.05, 3.63) is 42.5 Å². The zero-order valence-corrected chi connectivity index (χ0v) is 14.8. The van der Waals surface area contributed by atoms with Gasteiger partial charge >= 0.3 is 0 Å². The Kier molecular flexibility index (Phi) is 5.40. The van der Waals surface area contributed by atoms with Crippen LogP contribution in [0.3, 0.4) is 0 Å². The summed E-state index contributed by atoms with van der Waals surface area (Å²) in [7, 11) is 1.59. The smallest absolute Gasteiger partial charge is 0.245 e. The first-order valence-electron chi connectivity index (χ1n) is 8.39. The van der Waals surface area contributed by atoms with Gasteiger partial charge in [-0.25, -0.2) is 4.98 Å². The minimum atomic E-state index is -0.625. The van der Waals surface area contributed by atoms with Crippen molar-refractivity contribution < 1.29 is 19.1 Å². The van der Waals surface area contributed by atoms with Gasteiger partial charge in [0.05, 0.1) is 26.5 Å². The number of amides is 2. The van der Waals surface area contributed by atoms with E-state index in [9.17, 15) is 9.59 Å². The summed E-state index contributed by atoms with van der Waals surface area (Å²) in [5.41, 5.74) is 0.791. The quantitative estimate of drug-likeness (QED) is 0.762. The predicted octanol–water partition coefficient (Wildman–Crippen LogP) is 0.755. The molecule has 1 aliphatic heterocycles. The van der Waals surface area contributed by atoms with Crippen LogP contribution < -0.4 is 14.8 Å². The molecule has 138 valence electrons. The molecular formula is C18H22N4O4. The molecule has 1 aromatic carbocycles. The van der Waals surface area contributed by atoms with Crippen LogP contribution in [0.15, 0.2) is 36.8 Å². The van der Waals surface area contributed by atoms with Crippen LogP contribution in [0.25, 0.3) is 0 Å². The zero-order valence-electron chi connectivity index (χ0n) is 14.8. The number of nitrogens with zero attached hydrogens (tertiary/aromatic N) is 2. The lowest BCUT2D eigenvalue weighted by molar-refractivity contribution is -0.144. The van der Waals surface area contributed by atoms with Crippen molar-refractivity contribution >= 4 is 11.8 Å². The van der Waals surface area contributed by atoms with Crippen LogP contribution in [0, 0.1) is 0 Å². The minimum Gasteiger partial charge on any atom is -0.493 e. The fourth-order valence-electron chi connectivity index (χ4n) is 2.87. The van der Waals surface area contributed by atoms with E-state index in [-0.39, 0.29) is 17.9 Å². The highest BCUT2D eigenvalue weighted by molar-refractivity contribution is 5.87. The number of aromatic amines is 1. The molecule has 1 saturated heterocycles. The number of H-pyrrole nitrogens is 1. The van der Waals surface area contributed by atoms with E-state index >= 15 is 0 Å². The van der Waals surface area contributed by atoms with Gasteiger partial charge in [0.25, 0.3) is 0 Å². The summed E-state index contributed by atoms with van der Waals surface area (Å²) < 4.78 is 11.2. The van der Waals surface area contributed by atoms with Gasteiger partial charge in [0.1, 0.15) is 12.1 Å². The van der Waals surface area contributed by atoms with Crippen LogP contribution in [-0.2, 0) is 16.0 Å². The Morgan fingerprint density at radius 2 is 2.08 bits per heavy atom. The van der Waals surface area contributed by atoms with Gasteiger partial charge in [0, 0.05) is 25.2 Å². The summed E-state index contributed by atoms with van der Waals surface area (Å²) in [6.07, 6.45) is 3.46. The molecule has 0 bridgehead atoms. The zero-order chi connectivity index (χ0) is 18.5. The molecule has 0 unspecified atom stereocenters. The Labute approximate surface area is 151 Å². The maximum atomic E-state index is 12.7. The summed E-state index contributed by atoms with van der Waals surface area (Å²) in [5, 5.41) is 2.71. The molecule has 0 aliphatic carbocycles. The number of carbonyl (C=O) groups excluding carboxylic acids is 2. The number of nitrogens with one attached hydrogen (secondary N) is 2. The molecule has 2 heterocycles. The monoisotopic (exact) mass is 358 g/mol. The van der Waals surface area contributed by atoms with E-state index in [4.69, 9.17) is 9.47 Å². The van der Waals surface area contributed by atoms with Gasteiger partial charge < -0.3 is 24.7 Å². The highest BCUT2D eigenvalue weighted by Crippen LogP contribution is 2.28. The molecule has 1 aliphatic rings. The number of hydrogen-bond acceptors (Lipinski definition) is 5. The average molecular weight is 358 g/mol. The molecule has 0 radical (unpaired) electrons. The first-order valence-corrected chi connectivity index (χ1v) is 8.39. The van der Waals surface area contributed by atoms with Gasteiger partial charge in [-0.15, -0.1) is 0 Å². The maximum absolute atomic E-state index is 12.7. The molecule has 1 fully saturated rings. The Morgan fingerprint density at radius 1 is 1.35 bits per heavy atom. The largest absolute Gasteiger partial charge is 0.493 e. The second kappa shape index (κ2) is 7.90. The first kappa shape index (κ1) is 17.8. The summed E-state index contributed by atoms with van der Waals surface area (Å²) >= 11 is 0. The molecule has 2 aromatic rings. The first-order chi connectivity index (χ1) is 12.6. The molecule has 1 aromatic heterocycles. The second-order valence-corrected chi connectivity index (χ2v) is 6.17. The number of likely N-dealkylation sites (tertiary alicyclic amines) is 1. The Morgan fingerprint density at radius 3 is 2.69 bits per heavy atom. The van der Waals surface area contributed by atoms with Gasteiger partial charge in [-0.3, -0.25) is 9.59 Å². The van der Waals surface area contributed by atoms with Crippen molar-refractivity contribution in [2.45, 2.75) is 25.5 Å². The summed E-state index contributed by atoms with van der Waals surface area (Å²) in [6, 6.07) is 6.78. The fraction of sp³-hybridized carbons (Fsp3) is 0.389. The molecule has 8 nitrogen and oxygen atoms in total. The Bertz CT molecular complexity index is 756. The number of aromatic nitrogens is 2.